The van der Waals surface area contributed by atoms with Gasteiger partial charge in [0.15, 0.2) is 11.6 Å². The molecule has 0 saturated heterocycles. The maximum absolute atomic E-state index is 11.8. The molecule has 0 aromatic heterocycles. The molecule has 0 N–H and O–H groups in total. The summed E-state index contributed by atoms with van der Waals surface area (Å²) in [4.78, 5) is 23.7. The zero-order valence-electron chi connectivity index (χ0n) is 15.3. The summed E-state index contributed by atoms with van der Waals surface area (Å²) in [5, 5.41) is 0. The van der Waals surface area contributed by atoms with Gasteiger partial charge >= 0.3 is 0 Å². The fraction of sp³-hybridized carbons (Fsp3) is 0.364. The molecule has 2 nitrogen and oxygen atoms in total. The van der Waals surface area contributed by atoms with Gasteiger partial charge in [0.25, 0.3) is 0 Å². The molecule has 0 radical (unpaired) electrons. The van der Waals surface area contributed by atoms with Crippen LogP contribution in [0.25, 0.3) is 11.1 Å². The lowest BCUT2D eigenvalue weighted by molar-refractivity contribution is 0.100. The Kier molecular flexibility index (Phi) is 3.56. The van der Waals surface area contributed by atoms with Gasteiger partial charge in [0.1, 0.15) is 0 Å². The molecule has 3 rings (SSSR count). The van der Waals surface area contributed by atoms with E-state index in [4.69, 9.17) is 0 Å². The van der Waals surface area contributed by atoms with Gasteiger partial charge in [-0.25, -0.2) is 0 Å². The molecule has 0 saturated carbocycles. The van der Waals surface area contributed by atoms with Gasteiger partial charge in [-0.05, 0) is 59.1 Å². The van der Waals surface area contributed by atoms with E-state index in [1.165, 1.54) is 11.1 Å². The van der Waals surface area contributed by atoms with Crippen LogP contribution in [-0.4, -0.2) is 11.6 Å². The Labute approximate surface area is 143 Å². The Morgan fingerprint density at radius 1 is 0.667 bits per heavy atom. The van der Waals surface area contributed by atoms with E-state index in [9.17, 15) is 9.59 Å². The molecule has 0 amide bonds. The molecule has 0 fully saturated rings. The Bertz CT molecular complexity index is 796. The van der Waals surface area contributed by atoms with Crippen molar-refractivity contribution in [1.82, 2.24) is 0 Å². The summed E-state index contributed by atoms with van der Waals surface area (Å²) in [6.07, 6.45) is 0. The Balaban J connectivity index is 2.37. The standard InChI is InChI=1S/C22H24O2/c1-13(23)15-7-9-17-18-10-8-16(14(2)24)12-20(18)22(5,6)21(3,4)19(17)11-15/h7-12H,1-6H3. The van der Waals surface area contributed by atoms with Gasteiger partial charge in [0.2, 0.25) is 0 Å². The van der Waals surface area contributed by atoms with Crippen LogP contribution in [0.15, 0.2) is 36.4 Å². The van der Waals surface area contributed by atoms with Crippen molar-refractivity contribution in [3.8, 4) is 11.1 Å². The molecule has 0 aliphatic heterocycles. The lowest BCUT2D eigenvalue weighted by atomic mass is 9.55. The molecule has 2 aromatic carbocycles. The number of carbonyl (C=O) groups excluding carboxylic acids is 2. The lowest BCUT2D eigenvalue weighted by Gasteiger charge is -2.48. The second-order valence-electron chi connectivity index (χ2n) is 7.88. The van der Waals surface area contributed by atoms with Gasteiger partial charge in [0.05, 0.1) is 0 Å². The fourth-order valence-electron chi connectivity index (χ4n) is 3.70. The number of ketones is 2. The SMILES string of the molecule is CC(=O)c1ccc2c(c1)C(C)(C)C(C)(C)c1cc(C(C)=O)ccc1-2. The number of rotatable bonds is 2. The van der Waals surface area contributed by atoms with Crippen LogP contribution in [0.3, 0.4) is 0 Å². The fourth-order valence-corrected chi connectivity index (χ4v) is 3.70. The summed E-state index contributed by atoms with van der Waals surface area (Å²) in [7, 11) is 0. The third-order valence-electron chi connectivity index (χ3n) is 6.05. The Morgan fingerprint density at radius 2 is 1.00 bits per heavy atom. The van der Waals surface area contributed by atoms with Crippen LogP contribution in [0.2, 0.25) is 0 Å². The minimum absolute atomic E-state index is 0.0872. The topological polar surface area (TPSA) is 34.1 Å². The van der Waals surface area contributed by atoms with Crippen LogP contribution < -0.4 is 0 Å². The predicted molar refractivity (Wildman–Crippen MR) is 97.9 cm³/mol. The molecule has 24 heavy (non-hydrogen) atoms. The Morgan fingerprint density at radius 3 is 1.29 bits per heavy atom. The monoisotopic (exact) mass is 320 g/mol. The zero-order chi connectivity index (χ0) is 17.9. The van der Waals surface area contributed by atoms with Crippen molar-refractivity contribution in [1.29, 1.82) is 0 Å². The highest BCUT2D eigenvalue weighted by atomic mass is 16.1. The number of fused-ring (bicyclic) bond motifs is 3. The van der Waals surface area contributed by atoms with Crippen molar-refractivity contribution in [2.75, 3.05) is 0 Å². The quantitative estimate of drug-likeness (QED) is 0.701. The van der Waals surface area contributed by atoms with Gasteiger partial charge in [-0.1, -0.05) is 52.0 Å². The van der Waals surface area contributed by atoms with Crippen LogP contribution in [0.1, 0.15) is 73.4 Å². The van der Waals surface area contributed by atoms with Gasteiger partial charge < -0.3 is 0 Å². The third-order valence-corrected chi connectivity index (χ3v) is 6.05. The zero-order valence-corrected chi connectivity index (χ0v) is 15.3. The smallest absolute Gasteiger partial charge is 0.159 e. The molecule has 0 bridgehead atoms. The first-order valence-corrected chi connectivity index (χ1v) is 8.38. The van der Waals surface area contributed by atoms with E-state index >= 15 is 0 Å². The number of benzene rings is 2. The summed E-state index contributed by atoms with van der Waals surface area (Å²) >= 11 is 0. The minimum Gasteiger partial charge on any atom is -0.295 e. The van der Waals surface area contributed by atoms with Crippen molar-refractivity contribution in [2.24, 2.45) is 0 Å². The molecule has 0 heterocycles. The number of Topliss-reactive ketones (excluding diaryl/α,β-unsaturated/α-hetero) is 2. The largest absolute Gasteiger partial charge is 0.295 e. The number of hydrogen-bond donors (Lipinski definition) is 0. The summed E-state index contributed by atoms with van der Waals surface area (Å²) in [5.41, 5.74) is 5.91. The van der Waals surface area contributed by atoms with Gasteiger partial charge in [-0.2, -0.15) is 0 Å². The highest BCUT2D eigenvalue weighted by Gasteiger charge is 2.46. The second kappa shape index (κ2) is 5.14. The molecule has 0 atom stereocenters. The van der Waals surface area contributed by atoms with E-state index in [0.29, 0.717) is 0 Å². The maximum atomic E-state index is 11.8. The number of carbonyl (C=O) groups is 2. The minimum atomic E-state index is -0.157. The predicted octanol–water partition coefficient (Wildman–Crippen LogP) is 5.33. The molecule has 1 aliphatic carbocycles. The Hall–Kier alpha value is -2.22. The summed E-state index contributed by atoms with van der Waals surface area (Å²) in [5.74, 6) is 0.174. The first-order chi connectivity index (χ1) is 11.1. The van der Waals surface area contributed by atoms with Crippen LogP contribution in [0.5, 0.6) is 0 Å². The highest BCUT2D eigenvalue weighted by Crippen LogP contribution is 2.54. The molecular weight excluding hydrogens is 296 g/mol. The average Bonchev–Trinajstić information content (AvgIpc) is 2.52. The summed E-state index contributed by atoms with van der Waals surface area (Å²) in [6.45, 7) is 12.1. The molecule has 2 aromatic rings. The molecule has 0 spiro atoms. The lowest BCUT2D eigenvalue weighted by Crippen LogP contribution is -2.43. The average molecular weight is 320 g/mol. The van der Waals surface area contributed by atoms with Crippen molar-refractivity contribution < 1.29 is 9.59 Å². The van der Waals surface area contributed by atoms with Gasteiger partial charge in [-0.15, -0.1) is 0 Å². The molecule has 124 valence electrons. The second-order valence-corrected chi connectivity index (χ2v) is 7.88. The first kappa shape index (κ1) is 16.6. The molecular formula is C22H24O2. The van der Waals surface area contributed by atoms with Crippen molar-refractivity contribution >= 4 is 11.6 Å². The van der Waals surface area contributed by atoms with E-state index in [0.717, 1.165) is 22.3 Å². The van der Waals surface area contributed by atoms with E-state index in [-0.39, 0.29) is 22.4 Å². The third kappa shape index (κ3) is 2.16. The van der Waals surface area contributed by atoms with Crippen molar-refractivity contribution in [2.45, 2.75) is 52.4 Å². The van der Waals surface area contributed by atoms with Gasteiger partial charge in [-0.3, -0.25) is 9.59 Å². The normalized spacial score (nSPS) is 16.9. The molecule has 1 aliphatic rings. The van der Waals surface area contributed by atoms with Crippen LogP contribution in [0.4, 0.5) is 0 Å². The van der Waals surface area contributed by atoms with E-state index < -0.39 is 0 Å². The van der Waals surface area contributed by atoms with Crippen LogP contribution >= 0.6 is 0 Å². The van der Waals surface area contributed by atoms with Crippen LogP contribution in [-0.2, 0) is 10.8 Å². The maximum Gasteiger partial charge on any atom is 0.159 e. The van der Waals surface area contributed by atoms with E-state index in [1.807, 2.05) is 24.3 Å². The number of hydrogen-bond acceptors (Lipinski definition) is 2. The molecule has 0 unspecified atom stereocenters. The first-order valence-electron chi connectivity index (χ1n) is 8.38. The molecule has 2 heteroatoms. The van der Waals surface area contributed by atoms with Crippen molar-refractivity contribution in [3.05, 3.63) is 58.7 Å². The summed E-state index contributed by atoms with van der Waals surface area (Å²) in [6, 6.07) is 12.0. The summed E-state index contributed by atoms with van der Waals surface area (Å²) < 4.78 is 0. The van der Waals surface area contributed by atoms with Gasteiger partial charge in [0, 0.05) is 11.1 Å². The van der Waals surface area contributed by atoms with Crippen LogP contribution in [0, 0.1) is 0 Å². The highest BCUT2D eigenvalue weighted by molar-refractivity contribution is 5.97. The van der Waals surface area contributed by atoms with Crippen molar-refractivity contribution in [3.63, 3.8) is 0 Å². The van der Waals surface area contributed by atoms with E-state index in [2.05, 4.69) is 39.8 Å². The van der Waals surface area contributed by atoms with E-state index in [1.54, 1.807) is 13.8 Å².